The van der Waals surface area contributed by atoms with Crippen molar-refractivity contribution in [1.29, 1.82) is 0 Å². The standard InChI is InChI=1S/C19H20N2O5/c1-3-20(4-2)16-10-8-14(9-11-16)19(23)26-13-18(22)15-6-5-7-17(12-15)21(24)25/h5-12H,3-4,13H2,1-2H3. The molecule has 136 valence electrons. The predicted octanol–water partition coefficient (Wildman–Crippen LogP) is 3.48. The highest BCUT2D eigenvalue weighted by Gasteiger charge is 2.15. The minimum Gasteiger partial charge on any atom is -0.454 e. The van der Waals surface area contributed by atoms with E-state index in [0.717, 1.165) is 24.8 Å². The summed E-state index contributed by atoms with van der Waals surface area (Å²) in [5.41, 5.74) is 1.28. The Morgan fingerprint density at radius 2 is 1.69 bits per heavy atom. The lowest BCUT2D eigenvalue weighted by atomic mass is 10.1. The molecule has 2 rings (SSSR count). The number of rotatable bonds is 8. The second-order valence-electron chi connectivity index (χ2n) is 5.53. The van der Waals surface area contributed by atoms with Gasteiger partial charge in [-0.05, 0) is 38.1 Å². The maximum Gasteiger partial charge on any atom is 0.338 e. The number of nitro groups is 1. The fourth-order valence-corrected chi connectivity index (χ4v) is 2.49. The van der Waals surface area contributed by atoms with Crippen LogP contribution in [0.1, 0.15) is 34.6 Å². The quantitative estimate of drug-likeness (QED) is 0.311. The Morgan fingerprint density at radius 1 is 1.04 bits per heavy atom. The molecular formula is C19H20N2O5. The molecule has 0 aromatic heterocycles. The fraction of sp³-hybridized carbons (Fsp3) is 0.263. The van der Waals surface area contributed by atoms with Gasteiger partial charge in [0.05, 0.1) is 10.5 Å². The molecule has 7 nitrogen and oxygen atoms in total. The molecule has 0 fully saturated rings. The lowest BCUT2D eigenvalue weighted by Crippen LogP contribution is -2.21. The molecule has 2 aromatic rings. The second kappa shape index (κ2) is 8.75. The Kier molecular flexibility index (Phi) is 6.43. The molecule has 7 heteroatoms. The zero-order chi connectivity index (χ0) is 19.1. The third-order valence-corrected chi connectivity index (χ3v) is 3.94. The number of nitrogens with zero attached hydrogens (tertiary/aromatic N) is 2. The van der Waals surface area contributed by atoms with Gasteiger partial charge in [-0.2, -0.15) is 0 Å². The highest BCUT2D eigenvalue weighted by molar-refractivity contribution is 5.99. The van der Waals surface area contributed by atoms with Crippen LogP contribution >= 0.6 is 0 Å². The van der Waals surface area contributed by atoms with Crippen LogP contribution in [-0.2, 0) is 4.74 Å². The molecule has 0 bridgehead atoms. The number of non-ortho nitro benzene ring substituents is 1. The van der Waals surface area contributed by atoms with Crippen LogP contribution in [0.2, 0.25) is 0 Å². The van der Waals surface area contributed by atoms with Crippen LogP contribution in [-0.4, -0.2) is 36.4 Å². The SMILES string of the molecule is CCN(CC)c1ccc(C(=O)OCC(=O)c2cccc([N+](=O)[O-])c2)cc1. The van der Waals surface area contributed by atoms with Crippen molar-refractivity contribution in [1.82, 2.24) is 0 Å². The van der Waals surface area contributed by atoms with Gasteiger partial charge in [-0.1, -0.05) is 12.1 Å². The first-order chi connectivity index (χ1) is 12.5. The van der Waals surface area contributed by atoms with E-state index < -0.39 is 23.3 Å². The zero-order valence-corrected chi connectivity index (χ0v) is 14.7. The molecular weight excluding hydrogens is 336 g/mol. The van der Waals surface area contributed by atoms with Gasteiger partial charge >= 0.3 is 5.97 Å². The second-order valence-corrected chi connectivity index (χ2v) is 5.53. The van der Waals surface area contributed by atoms with Crippen LogP contribution in [0.15, 0.2) is 48.5 Å². The molecule has 0 N–H and O–H groups in total. The highest BCUT2D eigenvalue weighted by Crippen LogP contribution is 2.16. The van der Waals surface area contributed by atoms with E-state index in [-0.39, 0.29) is 11.3 Å². The summed E-state index contributed by atoms with van der Waals surface area (Å²) in [5, 5.41) is 10.8. The zero-order valence-electron chi connectivity index (χ0n) is 14.7. The van der Waals surface area contributed by atoms with Gasteiger partial charge in [-0.25, -0.2) is 4.79 Å². The first-order valence-electron chi connectivity index (χ1n) is 8.26. The van der Waals surface area contributed by atoms with Crippen molar-refractivity contribution in [2.45, 2.75) is 13.8 Å². The third-order valence-electron chi connectivity index (χ3n) is 3.94. The van der Waals surface area contributed by atoms with E-state index in [1.165, 1.54) is 18.2 Å². The minimum absolute atomic E-state index is 0.129. The Morgan fingerprint density at radius 3 is 2.27 bits per heavy atom. The first kappa shape index (κ1) is 19.1. The number of nitro benzene ring substituents is 1. The summed E-state index contributed by atoms with van der Waals surface area (Å²) in [7, 11) is 0. The number of hydrogen-bond acceptors (Lipinski definition) is 6. The number of Topliss-reactive ketones (excluding diaryl/α,β-unsaturated/α-hetero) is 1. The monoisotopic (exact) mass is 356 g/mol. The fourth-order valence-electron chi connectivity index (χ4n) is 2.49. The van der Waals surface area contributed by atoms with E-state index in [1.54, 1.807) is 12.1 Å². The lowest BCUT2D eigenvalue weighted by molar-refractivity contribution is -0.384. The van der Waals surface area contributed by atoms with E-state index >= 15 is 0 Å². The Hall–Kier alpha value is -3.22. The van der Waals surface area contributed by atoms with Crippen LogP contribution < -0.4 is 4.90 Å². The van der Waals surface area contributed by atoms with Gasteiger partial charge in [0.25, 0.3) is 5.69 Å². The summed E-state index contributed by atoms with van der Waals surface area (Å²) in [6.45, 7) is 5.34. The Bertz CT molecular complexity index is 798. The molecule has 0 amide bonds. The summed E-state index contributed by atoms with van der Waals surface area (Å²) < 4.78 is 5.03. The average Bonchev–Trinajstić information content (AvgIpc) is 2.67. The summed E-state index contributed by atoms with van der Waals surface area (Å²) in [6.07, 6.45) is 0. The van der Waals surface area contributed by atoms with Crippen molar-refractivity contribution >= 4 is 23.1 Å². The number of carbonyl (C=O) groups is 2. The van der Waals surface area contributed by atoms with Crippen molar-refractivity contribution in [2.24, 2.45) is 0 Å². The summed E-state index contributed by atoms with van der Waals surface area (Å²) in [6, 6.07) is 12.3. The molecule has 0 aliphatic carbocycles. The van der Waals surface area contributed by atoms with Crippen molar-refractivity contribution < 1.29 is 19.2 Å². The molecule has 0 aliphatic heterocycles. The lowest BCUT2D eigenvalue weighted by Gasteiger charge is -2.20. The molecule has 0 saturated heterocycles. The topological polar surface area (TPSA) is 89.8 Å². The van der Waals surface area contributed by atoms with Gasteiger partial charge in [0.2, 0.25) is 5.78 Å². The smallest absolute Gasteiger partial charge is 0.338 e. The number of anilines is 1. The number of esters is 1. The number of ether oxygens (including phenoxy) is 1. The molecule has 0 spiro atoms. The van der Waals surface area contributed by atoms with E-state index in [2.05, 4.69) is 4.90 Å². The molecule has 0 saturated carbocycles. The van der Waals surface area contributed by atoms with Crippen molar-refractivity contribution in [3.05, 3.63) is 69.8 Å². The van der Waals surface area contributed by atoms with Gasteiger partial charge in [0.15, 0.2) is 6.61 Å². The van der Waals surface area contributed by atoms with Gasteiger partial charge in [0, 0.05) is 36.5 Å². The maximum absolute atomic E-state index is 12.1. The predicted molar refractivity (Wildman–Crippen MR) is 97.7 cm³/mol. The Balaban J connectivity index is 1.98. The Labute approximate surface area is 151 Å². The minimum atomic E-state index is -0.616. The number of hydrogen-bond donors (Lipinski definition) is 0. The highest BCUT2D eigenvalue weighted by atomic mass is 16.6. The molecule has 2 aromatic carbocycles. The van der Waals surface area contributed by atoms with Crippen molar-refractivity contribution in [2.75, 3.05) is 24.6 Å². The van der Waals surface area contributed by atoms with Gasteiger partial charge in [-0.3, -0.25) is 14.9 Å². The third kappa shape index (κ3) is 4.66. The normalized spacial score (nSPS) is 10.2. The summed E-state index contributed by atoms with van der Waals surface area (Å²) in [5.74, 6) is -1.11. The maximum atomic E-state index is 12.1. The van der Waals surface area contributed by atoms with Gasteiger partial charge < -0.3 is 9.64 Å². The number of carbonyl (C=O) groups excluding carboxylic acids is 2. The van der Waals surface area contributed by atoms with Gasteiger partial charge in [0.1, 0.15) is 0 Å². The van der Waals surface area contributed by atoms with Crippen LogP contribution in [0.4, 0.5) is 11.4 Å². The number of ketones is 1. The van der Waals surface area contributed by atoms with E-state index in [1.807, 2.05) is 26.0 Å². The summed E-state index contributed by atoms with van der Waals surface area (Å²) in [4.78, 5) is 36.5. The molecule has 0 radical (unpaired) electrons. The molecule has 0 unspecified atom stereocenters. The molecule has 0 aliphatic rings. The van der Waals surface area contributed by atoms with Gasteiger partial charge in [-0.15, -0.1) is 0 Å². The molecule has 0 heterocycles. The summed E-state index contributed by atoms with van der Waals surface area (Å²) >= 11 is 0. The van der Waals surface area contributed by atoms with E-state index in [0.29, 0.717) is 5.56 Å². The molecule has 26 heavy (non-hydrogen) atoms. The number of benzene rings is 2. The van der Waals surface area contributed by atoms with Crippen LogP contribution in [0, 0.1) is 10.1 Å². The van der Waals surface area contributed by atoms with E-state index in [4.69, 9.17) is 4.74 Å². The van der Waals surface area contributed by atoms with Crippen LogP contribution in [0.25, 0.3) is 0 Å². The van der Waals surface area contributed by atoms with Crippen LogP contribution in [0.5, 0.6) is 0 Å². The largest absolute Gasteiger partial charge is 0.454 e. The van der Waals surface area contributed by atoms with E-state index in [9.17, 15) is 19.7 Å². The van der Waals surface area contributed by atoms with Crippen molar-refractivity contribution in [3.8, 4) is 0 Å². The van der Waals surface area contributed by atoms with Crippen LogP contribution in [0.3, 0.4) is 0 Å². The van der Waals surface area contributed by atoms with Crippen molar-refractivity contribution in [3.63, 3.8) is 0 Å². The molecule has 0 atom stereocenters. The average molecular weight is 356 g/mol. The first-order valence-corrected chi connectivity index (χ1v) is 8.26.